The minimum absolute atomic E-state index is 0.180. The van der Waals surface area contributed by atoms with E-state index in [1.54, 1.807) is 34.9 Å². The van der Waals surface area contributed by atoms with Crippen molar-refractivity contribution in [1.82, 2.24) is 15.2 Å². The van der Waals surface area contributed by atoms with E-state index in [9.17, 15) is 4.79 Å². The summed E-state index contributed by atoms with van der Waals surface area (Å²) < 4.78 is 1.89. The lowest BCUT2D eigenvalue weighted by molar-refractivity contribution is 0.102. The van der Waals surface area contributed by atoms with Crippen molar-refractivity contribution in [3.63, 3.8) is 0 Å². The fourth-order valence-corrected chi connectivity index (χ4v) is 6.01. The highest BCUT2D eigenvalue weighted by Crippen LogP contribution is 2.29. The predicted octanol–water partition coefficient (Wildman–Crippen LogP) is 6.14. The van der Waals surface area contributed by atoms with Crippen LogP contribution in [0.4, 0.5) is 5.13 Å². The van der Waals surface area contributed by atoms with Crippen molar-refractivity contribution in [2.24, 2.45) is 0 Å². The molecule has 2 heterocycles. The van der Waals surface area contributed by atoms with E-state index in [0.29, 0.717) is 10.7 Å². The minimum atomic E-state index is -0.180. The Balaban J connectivity index is 1.28. The zero-order valence-corrected chi connectivity index (χ0v) is 19.3. The molecule has 4 rings (SSSR count). The van der Waals surface area contributed by atoms with Crippen LogP contribution < -0.4 is 5.32 Å². The molecule has 1 N–H and O–H groups in total. The van der Waals surface area contributed by atoms with Crippen LogP contribution in [0.1, 0.15) is 27.2 Å². The maximum atomic E-state index is 12.5. The van der Waals surface area contributed by atoms with Gasteiger partial charge in [0.15, 0.2) is 4.34 Å². The lowest BCUT2D eigenvalue weighted by Gasteiger charge is -2.03. The maximum Gasteiger partial charge on any atom is 0.257 e. The molecule has 0 bridgehead atoms. The zero-order valence-electron chi connectivity index (χ0n) is 16.1. The Kier molecular flexibility index (Phi) is 7.16. The summed E-state index contributed by atoms with van der Waals surface area (Å²) in [5.74, 6) is 1.47. The molecular weight excluding hydrogens is 453 g/mol. The van der Waals surface area contributed by atoms with Gasteiger partial charge in [-0.15, -0.1) is 21.5 Å². The van der Waals surface area contributed by atoms with Crippen LogP contribution >= 0.6 is 46.2 Å². The first-order valence-corrected chi connectivity index (χ1v) is 12.8. The largest absolute Gasteiger partial charge is 0.296 e. The Bertz CT molecular complexity index is 1110. The Labute approximate surface area is 191 Å². The average molecular weight is 471 g/mol. The van der Waals surface area contributed by atoms with Gasteiger partial charge >= 0.3 is 0 Å². The van der Waals surface area contributed by atoms with Crippen LogP contribution in [0.2, 0.25) is 0 Å². The van der Waals surface area contributed by atoms with Crippen LogP contribution in [0.5, 0.6) is 0 Å². The second kappa shape index (κ2) is 10.2. The van der Waals surface area contributed by atoms with E-state index in [1.807, 2.05) is 49.4 Å². The molecule has 0 unspecified atom stereocenters. The third kappa shape index (κ3) is 5.91. The zero-order chi connectivity index (χ0) is 20.8. The second-order valence-electron chi connectivity index (χ2n) is 6.34. The molecule has 0 fully saturated rings. The molecule has 5 nitrogen and oxygen atoms in total. The molecule has 2 aromatic carbocycles. The number of carbonyl (C=O) groups excluding carboxylic acids is 1. The molecule has 4 aromatic rings. The van der Waals surface area contributed by atoms with Gasteiger partial charge in [-0.2, -0.15) is 0 Å². The van der Waals surface area contributed by atoms with Crippen LogP contribution in [0.25, 0.3) is 0 Å². The van der Waals surface area contributed by atoms with Gasteiger partial charge in [0.2, 0.25) is 5.13 Å². The summed E-state index contributed by atoms with van der Waals surface area (Å²) >= 11 is 6.36. The fourth-order valence-electron chi connectivity index (χ4n) is 2.50. The van der Waals surface area contributed by atoms with E-state index < -0.39 is 0 Å². The number of carbonyl (C=O) groups is 1. The van der Waals surface area contributed by atoms with Crippen molar-refractivity contribution in [2.45, 2.75) is 27.1 Å². The Morgan fingerprint density at radius 3 is 2.33 bits per heavy atom. The fraction of sp³-hybridized carbons (Fsp3) is 0.143. The summed E-state index contributed by atoms with van der Waals surface area (Å²) in [6.07, 6.45) is 0. The molecule has 0 spiro atoms. The highest BCUT2D eigenvalue weighted by atomic mass is 32.2. The average Bonchev–Trinajstić information content (AvgIpc) is 3.40. The van der Waals surface area contributed by atoms with Crippen LogP contribution in [0.3, 0.4) is 0 Å². The third-order valence-corrected chi connectivity index (χ3v) is 8.26. The SMILES string of the molecule is Cc1csc(SCc2ccc(C(=O)Nc3nnc(SCc4ccccc4)s3)cc2)n1. The first-order chi connectivity index (χ1) is 14.7. The van der Waals surface area contributed by atoms with Gasteiger partial charge in [-0.1, -0.05) is 77.3 Å². The molecule has 0 radical (unpaired) electrons. The molecule has 0 aliphatic carbocycles. The number of nitrogens with one attached hydrogen (secondary N) is 1. The molecule has 2 aromatic heterocycles. The number of hydrogen-bond donors (Lipinski definition) is 1. The van der Waals surface area contributed by atoms with E-state index in [4.69, 9.17) is 0 Å². The minimum Gasteiger partial charge on any atom is -0.296 e. The molecule has 0 aliphatic heterocycles. The Morgan fingerprint density at radius 1 is 0.933 bits per heavy atom. The number of anilines is 1. The van der Waals surface area contributed by atoms with Crippen LogP contribution in [0, 0.1) is 6.92 Å². The first-order valence-electron chi connectivity index (χ1n) is 9.11. The van der Waals surface area contributed by atoms with Gasteiger partial charge in [-0.05, 0) is 30.2 Å². The van der Waals surface area contributed by atoms with Gasteiger partial charge < -0.3 is 0 Å². The van der Waals surface area contributed by atoms with Crippen LogP contribution in [-0.4, -0.2) is 21.1 Å². The second-order valence-corrected chi connectivity index (χ2v) is 10.6. The quantitative estimate of drug-likeness (QED) is 0.246. The van der Waals surface area contributed by atoms with Crippen LogP contribution in [0.15, 0.2) is 68.7 Å². The number of thioether (sulfide) groups is 2. The van der Waals surface area contributed by atoms with Gasteiger partial charge in [0, 0.05) is 28.1 Å². The molecule has 0 saturated heterocycles. The van der Waals surface area contributed by atoms with Crippen molar-refractivity contribution >= 4 is 57.2 Å². The standard InChI is InChI=1S/C21H18N4OS4/c1-14-11-27-20(22-14)28-13-16-7-9-17(10-8-16)18(26)23-19-24-25-21(30-19)29-12-15-5-3-2-4-6-15/h2-11H,12-13H2,1H3,(H,23,24,26). The number of rotatable bonds is 8. The number of benzene rings is 2. The van der Waals surface area contributed by atoms with Crippen molar-refractivity contribution in [3.05, 3.63) is 82.4 Å². The summed E-state index contributed by atoms with van der Waals surface area (Å²) in [6.45, 7) is 2.00. The van der Waals surface area contributed by atoms with E-state index >= 15 is 0 Å². The molecule has 0 saturated carbocycles. The van der Waals surface area contributed by atoms with Gasteiger partial charge in [-0.25, -0.2) is 4.98 Å². The van der Waals surface area contributed by atoms with Crippen molar-refractivity contribution in [2.75, 3.05) is 5.32 Å². The Hall–Kier alpha value is -2.20. The molecule has 152 valence electrons. The molecule has 0 aliphatic rings. The smallest absolute Gasteiger partial charge is 0.257 e. The van der Waals surface area contributed by atoms with Crippen LogP contribution in [-0.2, 0) is 11.5 Å². The lowest BCUT2D eigenvalue weighted by Crippen LogP contribution is -2.11. The Morgan fingerprint density at radius 2 is 1.63 bits per heavy atom. The highest BCUT2D eigenvalue weighted by Gasteiger charge is 2.11. The normalized spacial score (nSPS) is 10.8. The molecule has 9 heteroatoms. The van der Waals surface area contributed by atoms with Gasteiger partial charge in [0.25, 0.3) is 5.91 Å². The highest BCUT2D eigenvalue weighted by molar-refractivity contribution is 8.00. The summed E-state index contributed by atoms with van der Waals surface area (Å²) in [5.41, 5.74) is 4.03. The number of aromatic nitrogens is 3. The van der Waals surface area contributed by atoms with Gasteiger partial charge in [0.1, 0.15) is 4.34 Å². The summed E-state index contributed by atoms with van der Waals surface area (Å²) in [6, 6.07) is 17.8. The first kappa shape index (κ1) is 21.0. The van der Waals surface area contributed by atoms with Gasteiger partial charge in [0.05, 0.1) is 0 Å². The number of thiazole rings is 1. The molecule has 0 atom stereocenters. The molecule has 1 amide bonds. The summed E-state index contributed by atoms with van der Waals surface area (Å²) in [4.78, 5) is 17.0. The summed E-state index contributed by atoms with van der Waals surface area (Å²) in [7, 11) is 0. The monoisotopic (exact) mass is 470 g/mol. The van der Waals surface area contributed by atoms with Crippen molar-refractivity contribution in [1.29, 1.82) is 0 Å². The number of aryl methyl sites for hydroxylation is 1. The van der Waals surface area contributed by atoms with E-state index in [1.165, 1.54) is 16.9 Å². The van der Waals surface area contributed by atoms with Crippen molar-refractivity contribution < 1.29 is 4.79 Å². The van der Waals surface area contributed by atoms with Gasteiger partial charge in [-0.3, -0.25) is 10.1 Å². The maximum absolute atomic E-state index is 12.5. The topological polar surface area (TPSA) is 67.8 Å². The van der Waals surface area contributed by atoms with E-state index in [2.05, 4.69) is 38.0 Å². The number of hydrogen-bond acceptors (Lipinski definition) is 8. The predicted molar refractivity (Wildman–Crippen MR) is 127 cm³/mol. The lowest BCUT2D eigenvalue weighted by atomic mass is 10.1. The van der Waals surface area contributed by atoms with Crippen molar-refractivity contribution in [3.8, 4) is 0 Å². The number of amides is 1. The van der Waals surface area contributed by atoms with E-state index in [0.717, 1.165) is 31.4 Å². The summed E-state index contributed by atoms with van der Waals surface area (Å²) in [5, 5.41) is 13.6. The van der Waals surface area contributed by atoms with E-state index in [-0.39, 0.29) is 5.91 Å². The molecular formula is C21H18N4OS4. The number of nitrogens with zero attached hydrogens (tertiary/aromatic N) is 3. The molecule has 30 heavy (non-hydrogen) atoms. The third-order valence-electron chi connectivity index (χ3n) is 4.01.